The summed E-state index contributed by atoms with van der Waals surface area (Å²) < 4.78 is 58.9. The number of halogens is 4. The normalized spacial score (nSPS) is 23.0. The Bertz CT molecular complexity index is 1080. The quantitative estimate of drug-likeness (QED) is 0.560. The standard InChI is InChI=1S/C25H28F4N4O3/c1-36-22-6-5-18(12-30-22)24(26)9-7-20(8-10-24)33-14-19(15-33)32-21(34)13-31-23(35)16-3-2-4-17(11-16)25(27,28)29/h2-6,11-12,19-20H,7-10,13-15H2,1H3,(H,31,35)(H,32,34)/t20-,24-. The van der Waals surface area contributed by atoms with Gasteiger partial charge in [0.15, 0.2) is 0 Å². The number of nitrogens with zero attached hydrogens (tertiary/aromatic N) is 2. The molecule has 0 atom stereocenters. The second-order valence-electron chi connectivity index (χ2n) is 9.27. The SMILES string of the molecule is COc1ccc([C@]2(F)CC[C@H](N3CC(NC(=O)CNC(=O)c4cccc(C(F)(F)F)c4)C3)CC2)cn1. The lowest BCUT2D eigenvalue weighted by molar-refractivity contribution is -0.137. The fourth-order valence-corrected chi connectivity index (χ4v) is 4.76. The summed E-state index contributed by atoms with van der Waals surface area (Å²) in [5, 5.41) is 5.16. The van der Waals surface area contributed by atoms with Gasteiger partial charge in [-0.3, -0.25) is 14.5 Å². The van der Waals surface area contributed by atoms with Crippen molar-refractivity contribution in [3.8, 4) is 5.88 Å². The van der Waals surface area contributed by atoms with E-state index in [1.54, 1.807) is 12.1 Å². The summed E-state index contributed by atoms with van der Waals surface area (Å²) >= 11 is 0. The number of hydrogen-bond donors (Lipinski definition) is 2. The van der Waals surface area contributed by atoms with Crippen LogP contribution in [-0.4, -0.2) is 60.5 Å². The van der Waals surface area contributed by atoms with Crippen LogP contribution in [0.4, 0.5) is 17.6 Å². The molecule has 1 saturated carbocycles. The van der Waals surface area contributed by atoms with Crippen LogP contribution in [0.5, 0.6) is 5.88 Å². The Hall–Kier alpha value is -3.21. The van der Waals surface area contributed by atoms with Crippen LogP contribution in [0.1, 0.15) is 47.2 Å². The van der Waals surface area contributed by atoms with E-state index in [1.165, 1.54) is 19.4 Å². The van der Waals surface area contributed by atoms with Crippen LogP contribution in [0, 0.1) is 0 Å². The Balaban J connectivity index is 1.18. The van der Waals surface area contributed by atoms with E-state index in [1.807, 2.05) is 0 Å². The predicted molar refractivity (Wildman–Crippen MR) is 123 cm³/mol. The van der Waals surface area contributed by atoms with Gasteiger partial charge in [0.2, 0.25) is 11.8 Å². The topological polar surface area (TPSA) is 83.6 Å². The van der Waals surface area contributed by atoms with Crippen molar-refractivity contribution >= 4 is 11.8 Å². The van der Waals surface area contributed by atoms with Crippen LogP contribution in [0.2, 0.25) is 0 Å². The molecule has 2 aliphatic rings. The summed E-state index contributed by atoms with van der Waals surface area (Å²) in [5.74, 6) is -0.728. The van der Waals surface area contributed by atoms with E-state index in [-0.39, 0.29) is 24.2 Å². The lowest BCUT2D eigenvalue weighted by Gasteiger charge is -2.47. The minimum absolute atomic E-state index is 0.0918. The van der Waals surface area contributed by atoms with Gasteiger partial charge in [-0.05, 0) is 49.9 Å². The van der Waals surface area contributed by atoms with Gasteiger partial charge in [-0.25, -0.2) is 9.37 Å². The number of ether oxygens (including phenoxy) is 1. The zero-order valence-electron chi connectivity index (χ0n) is 19.8. The molecule has 194 valence electrons. The molecule has 4 rings (SSSR count). The molecule has 1 saturated heterocycles. The minimum Gasteiger partial charge on any atom is -0.481 e. The van der Waals surface area contributed by atoms with Crippen LogP contribution in [-0.2, 0) is 16.6 Å². The van der Waals surface area contributed by atoms with Gasteiger partial charge in [-0.1, -0.05) is 6.07 Å². The highest BCUT2D eigenvalue weighted by molar-refractivity contribution is 5.96. The van der Waals surface area contributed by atoms with Crippen molar-refractivity contribution in [2.45, 2.75) is 49.6 Å². The van der Waals surface area contributed by atoms with Crippen LogP contribution >= 0.6 is 0 Å². The van der Waals surface area contributed by atoms with Gasteiger partial charge in [0.25, 0.3) is 5.91 Å². The zero-order chi connectivity index (χ0) is 25.9. The van der Waals surface area contributed by atoms with Crippen LogP contribution < -0.4 is 15.4 Å². The fraction of sp³-hybridized carbons (Fsp3) is 0.480. The molecule has 2 aromatic rings. The second kappa shape index (κ2) is 10.4. The first-order chi connectivity index (χ1) is 17.1. The second-order valence-corrected chi connectivity index (χ2v) is 9.27. The molecule has 7 nitrogen and oxygen atoms in total. The van der Waals surface area contributed by atoms with Gasteiger partial charge >= 0.3 is 6.18 Å². The number of aromatic nitrogens is 1. The molecule has 2 amide bonds. The third-order valence-corrected chi connectivity index (χ3v) is 6.86. The molecule has 1 aromatic carbocycles. The van der Waals surface area contributed by atoms with Crippen LogP contribution in [0.15, 0.2) is 42.6 Å². The molecule has 36 heavy (non-hydrogen) atoms. The van der Waals surface area contributed by atoms with Crippen molar-refractivity contribution in [2.24, 2.45) is 0 Å². The Morgan fingerprint density at radius 3 is 2.50 bits per heavy atom. The third kappa shape index (κ3) is 5.95. The Kier molecular flexibility index (Phi) is 7.49. The summed E-state index contributed by atoms with van der Waals surface area (Å²) in [6.07, 6.45) is -0.866. The van der Waals surface area contributed by atoms with Crippen molar-refractivity contribution in [1.29, 1.82) is 0 Å². The Morgan fingerprint density at radius 2 is 1.89 bits per heavy atom. The van der Waals surface area contributed by atoms with Gasteiger partial charge in [-0.15, -0.1) is 0 Å². The maximum absolute atomic E-state index is 15.5. The molecule has 0 radical (unpaired) electrons. The average Bonchev–Trinajstić information content (AvgIpc) is 2.85. The molecule has 0 bridgehead atoms. The number of methoxy groups -OCH3 is 1. The summed E-state index contributed by atoms with van der Waals surface area (Å²) in [7, 11) is 1.51. The molecule has 1 aromatic heterocycles. The maximum atomic E-state index is 15.5. The largest absolute Gasteiger partial charge is 0.481 e. The van der Waals surface area contributed by atoms with Crippen molar-refractivity contribution in [1.82, 2.24) is 20.5 Å². The monoisotopic (exact) mass is 508 g/mol. The van der Waals surface area contributed by atoms with E-state index >= 15 is 4.39 Å². The minimum atomic E-state index is -4.55. The van der Waals surface area contributed by atoms with Crippen LogP contribution in [0.3, 0.4) is 0 Å². The van der Waals surface area contributed by atoms with Gasteiger partial charge in [0.05, 0.1) is 25.3 Å². The number of hydrogen-bond acceptors (Lipinski definition) is 5. The molecular formula is C25H28F4N4O3. The predicted octanol–water partition coefficient (Wildman–Crippen LogP) is 3.45. The summed E-state index contributed by atoms with van der Waals surface area (Å²) in [4.78, 5) is 30.6. The van der Waals surface area contributed by atoms with E-state index in [9.17, 15) is 22.8 Å². The number of rotatable bonds is 7. The number of carbonyl (C=O) groups is 2. The van der Waals surface area contributed by atoms with Crippen molar-refractivity contribution in [3.63, 3.8) is 0 Å². The van der Waals surface area contributed by atoms with Gasteiger partial charge in [0.1, 0.15) is 5.67 Å². The molecule has 11 heteroatoms. The van der Waals surface area contributed by atoms with Crippen molar-refractivity contribution < 1.29 is 31.9 Å². The van der Waals surface area contributed by atoms with Gasteiger partial charge < -0.3 is 15.4 Å². The van der Waals surface area contributed by atoms with E-state index in [0.29, 0.717) is 50.2 Å². The maximum Gasteiger partial charge on any atom is 0.416 e. The van der Waals surface area contributed by atoms with E-state index in [0.717, 1.165) is 18.2 Å². The van der Waals surface area contributed by atoms with Gasteiger partial charge in [0, 0.05) is 42.5 Å². The van der Waals surface area contributed by atoms with Gasteiger partial charge in [-0.2, -0.15) is 13.2 Å². The molecule has 0 unspecified atom stereocenters. The average molecular weight is 509 g/mol. The van der Waals surface area contributed by atoms with E-state index < -0.39 is 29.2 Å². The smallest absolute Gasteiger partial charge is 0.416 e. The number of nitrogens with one attached hydrogen (secondary N) is 2. The zero-order valence-corrected chi connectivity index (χ0v) is 19.8. The van der Waals surface area contributed by atoms with Crippen LogP contribution in [0.25, 0.3) is 0 Å². The lowest BCUT2D eigenvalue weighted by atomic mass is 9.78. The summed E-state index contributed by atoms with van der Waals surface area (Å²) in [6.45, 7) is 0.915. The first kappa shape index (κ1) is 25.9. The van der Waals surface area contributed by atoms with E-state index in [2.05, 4.69) is 20.5 Å². The number of carbonyl (C=O) groups excluding carboxylic acids is 2. The molecule has 1 aliphatic carbocycles. The molecule has 2 fully saturated rings. The molecule has 2 heterocycles. The number of amides is 2. The first-order valence-electron chi connectivity index (χ1n) is 11.8. The van der Waals surface area contributed by atoms with Crippen molar-refractivity contribution in [3.05, 3.63) is 59.3 Å². The van der Waals surface area contributed by atoms with Crippen molar-refractivity contribution in [2.75, 3.05) is 26.7 Å². The highest BCUT2D eigenvalue weighted by Crippen LogP contribution is 2.42. The molecular weight excluding hydrogens is 480 g/mol. The first-order valence-corrected chi connectivity index (χ1v) is 11.8. The highest BCUT2D eigenvalue weighted by Gasteiger charge is 2.42. The molecule has 1 aliphatic heterocycles. The van der Waals surface area contributed by atoms with E-state index in [4.69, 9.17) is 4.74 Å². The molecule has 0 spiro atoms. The lowest BCUT2D eigenvalue weighted by Crippen LogP contribution is -2.63. The number of alkyl halides is 4. The molecule has 2 N–H and O–H groups in total. The summed E-state index contributed by atoms with van der Waals surface area (Å²) in [6, 6.07) is 7.54. The number of likely N-dealkylation sites (tertiary alicyclic amines) is 1. The number of pyridine rings is 1. The highest BCUT2D eigenvalue weighted by atomic mass is 19.4. The number of benzene rings is 1. The summed E-state index contributed by atoms with van der Waals surface area (Å²) in [5.41, 5.74) is -1.95. The third-order valence-electron chi connectivity index (χ3n) is 6.86. The Labute approximate surface area is 206 Å². The Morgan fingerprint density at radius 1 is 1.17 bits per heavy atom. The fourth-order valence-electron chi connectivity index (χ4n) is 4.76.